The number of methoxy groups -OCH3 is 1. The van der Waals surface area contributed by atoms with Crippen molar-refractivity contribution in [2.45, 2.75) is 52.7 Å². The van der Waals surface area contributed by atoms with E-state index in [9.17, 15) is 4.79 Å². The van der Waals surface area contributed by atoms with Crippen LogP contribution in [-0.4, -0.2) is 57.4 Å². The van der Waals surface area contributed by atoms with Crippen LogP contribution in [0.1, 0.15) is 56.0 Å². The predicted octanol–water partition coefficient (Wildman–Crippen LogP) is 7.07. The van der Waals surface area contributed by atoms with Gasteiger partial charge in [-0.3, -0.25) is 5.32 Å². The first kappa shape index (κ1) is 29.5. The summed E-state index contributed by atoms with van der Waals surface area (Å²) in [5.74, 6) is 1.20. The van der Waals surface area contributed by atoms with Crippen molar-refractivity contribution in [3.05, 3.63) is 59.0 Å². The van der Waals surface area contributed by atoms with Crippen LogP contribution >= 0.6 is 11.3 Å². The normalized spacial score (nSPS) is 18.7. The Balaban J connectivity index is 1.61. The molecule has 1 fully saturated rings. The zero-order valence-corrected chi connectivity index (χ0v) is 24.7. The van der Waals surface area contributed by atoms with Crippen LogP contribution in [0, 0.1) is 12.8 Å². The number of anilines is 1. The number of cyclic esters (lactones) is 1. The van der Waals surface area contributed by atoms with E-state index in [0.717, 1.165) is 51.7 Å². The van der Waals surface area contributed by atoms with E-state index < -0.39 is 5.72 Å². The fourth-order valence-electron chi connectivity index (χ4n) is 4.50. The highest BCUT2D eigenvalue weighted by atomic mass is 32.1. The lowest BCUT2D eigenvalue weighted by Gasteiger charge is -2.23. The highest BCUT2D eigenvalue weighted by Crippen LogP contribution is 2.35. The van der Waals surface area contributed by atoms with Crippen molar-refractivity contribution < 1.29 is 14.3 Å². The second-order valence-corrected chi connectivity index (χ2v) is 10.9. The molecule has 2 atom stereocenters. The average Bonchev–Trinajstić information content (AvgIpc) is 3.45. The van der Waals surface area contributed by atoms with Crippen molar-refractivity contribution in [2.75, 3.05) is 39.2 Å². The molecule has 1 aromatic heterocycles. The smallest absolute Gasteiger partial charge is 0.411 e. The molecule has 2 aromatic rings. The Labute approximate surface area is 231 Å². The summed E-state index contributed by atoms with van der Waals surface area (Å²) < 4.78 is 11.0. The molecule has 2 heterocycles. The molecule has 0 radical (unpaired) electrons. The lowest BCUT2D eigenvalue weighted by atomic mass is 9.89. The Kier molecular flexibility index (Phi) is 10.2. The summed E-state index contributed by atoms with van der Waals surface area (Å²) in [6.07, 6.45) is 6.41. The number of amides is 1. The van der Waals surface area contributed by atoms with E-state index in [0.29, 0.717) is 13.1 Å². The molecule has 8 heteroatoms. The summed E-state index contributed by atoms with van der Waals surface area (Å²) in [6.45, 7) is 13.8. The Hall–Kier alpha value is -3.10. The van der Waals surface area contributed by atoms with Crippen LogP contribution < -0.4 is 10.2 Å². The van der Waals surface area contributed by atoms with Crippen molar-refractivity contribution >= 4 is 45.8 Å². The van der Waals surface area contributed by atoms with Gasteiger partial charge in [0.05, 0.1) is 35.6 Å². The molecule has 0 bridgehead atoms. The van der Waals surface area contributed by atoms with Gasteiger partial charge in [0.15, 0.2) is 5.72 Å². The zero-order chi connectivity index (χ0) is 27.9. The SMILES string of the molecule is C=C(c1ccc(N=CN(C)c2cc(C)c(/C(=C\CC)OC)s2)cc1)C(CC)CCN1CC(C)(NC)OC1=O. The number of aliphatic imine (C=N–C) groups is 1. The van der Waals surface area contributed by atoms with Crippen LogP contribution in [0.4, 0.5) is 15.5 Å². The third-order valence-corrected chi connectivity index (χ3v) is 8.37. The minimum atomic E-state index is -0.621. The number of thiophene rings is 1. The highest BCUT2D eigenvalue weighted by Gasteiger charge is 2.40. The quantitative estimate of drug-likeness (QED) is 0.168. The van der Waals surface area contributed by atoms with Gasteiger partial charge >= 0.3 is 6.09 Å². The van der Waals surface area contributed by atoms with E-state index in [1.165, 1.54) is 5.56 Å². The molecule has 1 aliphatic rings. The molecule has 1 saturated heterocycles. The summed E-state index contributed by atoms with van der Waals surface area (Å²) >= 11 is 1.70. The number of nitrogens with one attached hydrogen (secondary N) is 1. The molecule has 206 valence electrons. The lowest BCUT2D eigenvalue weighted by Crippen LogP contribution is -2.43. The first-order valence-electron chi connectivity index (χ1n) is 13.2. The number of carbonyl (C=O) groups is 1. The van der Waals surface area contributed by atoms with Crippen LogP contribution in [0.2, 0.25) is 0 Å². The molecule has 2 unspecified atom stereocenters. The van der Waals surface area contributed by atoms with Crippen molar-refractivity contribution in [1.82, 2.24) is 10.2 Å². The fraction of sp³-hybridized carbons (Fsp3) is 0.467. The average molecular weight is 539 g/mol. The number of benzene rings is 1. The Morgan fingerprint density at radius 1 is 1.37 bits per heavy atom. The third-order valence-electron chi connectivity index (χ3n) is 7.03. The Morgan fingerprint density at radius 3 is 2.66 bits per heavy atom. The molecular formula is C30H42N4O3S. The van der Waals surface area contributed by atoms with E-state index in [1.807, 2.05) is 44.4 Å². The van der Waals surface area contributed by atoms with Gasteiger partial charge in [0.2, 0.25) is 0 Å². The summed E-state index contributed by atoms with van der Waals surface area (Å²) in [5.41, 5.74) is 3.63. The van der Waals surface area contributed by atoms with E-state index in [2.05, 4.69) is 61.9 Å². The Bertz CT molecular complexity index is 1170. The molecule has 1 amide bonds. The van der Waals surface area contributed by atoms with Gasteiger partial charge in [-0.1, -0.05) is 32.6 Å². The predicted molar refractivity (Wildman–Crippen MR) is 160 cm³/mol. The van der Waals surface area contributed by atoms with Crippen LogP contribution in [0.25, 0.3) is 11.3 Å². The number of allylic oxidation sites excluding steroid dienone is 2. The van der Waals surface area contributed by atoms with Gasteiger partial charge in [-0.25, -0.2) is 9.79 Å². The molecule has 38 heavy (non-hydrogen) atoms. The number of hydrogen-bond acceptors (Lipinski definition) is 6. The van der Waals surface area contributed by atoms with Gasteiger partial charge in [0.25, 0.3) is 0 Å². The number of carbonyl (C=O) groups excluding carboxylic acids is 1. The minimum absolute atomic E-state index is 0.264. The number of aryl methyl sites for hydroxylation is 1. The topological polar surface area (TPSA) is 66.4 Å². The van der Waals surface area contributed by atoms with Crippen molar-refractivity contribution in [3.63, 3.8) is 0 Å². The van der Waals surface area contributed by atoms with E-state index >= 15 is 0 Å². The van der Waals surface area contributed by atoms with Gasteiger partial charge in [0.1, 0.15) is 5.76 Å². The van der Waals surface area contributed by atoms with Crippen LogP contribution in [0.15, 0.2) is 48.0 Å². The monoisotopic (exact) mass is 538 g/mol. The van der Waals surface area contributed by atoms with Gasteiger partial charge in [0, 0.05) is 13.6 Å². The number of nitrogens with zero attached hydrogens (tertiary/aromatic N) is 3. The molecule has 1 aromatic carbocycles. The highest BCUT2D eigenvalue weighted by molar-refractivity contribution is 7.17. The van der Waals surface area contributed by atoms with E-state index in [-0.39, 0.29) is 12.0 Å². The number of ether oxygens (including phenoxy) is 2. The second kappa shape index (κ2) is 13.1. The van der Waals surface area contributed by atoms with E-state index in [4.69, 9.17) is 9.47 Å². The molecule has 7 nitrogen and oxygen atoms in total. The largest absolute Gasteiger partial charge is 0.496 e. The van der Waals surface area contributed by atoms with Gasteiger partial charge in [-0.2, -0.15) is 0 Å². The zero-order valence-electron chi connectivity index (χ0n) is 23.8. The van der Waals surface area contributed by atoms with Crippen molar-refractivity contribution in [2.24, 2.45) is 10.9 Å². The van der Waals surface area contributed by atoms with Gasteiger partial charge in [-0.05, 0) is 87.1 Å². The molecule has 0 saturated carbocycles. The number of rotatable bonds is 13. The molecular weight excluding hydrogens is 496 g/mol. The van der Waals surface area contributed by atoms with E-state index in [1.54, 1.807) is 23.3 Å². The van der Waals surface area contributed by atoms with Gasteiger partial charge in [-0.15, -0.1) is 11.3 Å². The van der Waals surface area contributed by atoms with Crippen molar-refractivity contribution in [3.8, 4) is 0 Å². The molecule has 1 N–H and O–H groups in total. The number of likely N-dealkylation sites (N-methyl/N-ethyl adjacent to an activating group) is 1. The van der Waals surface area contributed by atoms with Crippen LogP contribution in [-0.2, 0) is 9.47 Å². The van der Waals surface area contributed by atoms with Crippen LogP contribution in [0.5, 0.6) is 0 Å². The maximum absolute atomic E-state index is 12.2. The number of hydrogen-bond donors (Lipinski definition) is 1. The molecule has 0 spiro atoms. The summed E-state index contributed by atoms with van der Waals surface area (Å²) in [5, 5.41) is 4.18. The lowest BCUT2D eigenvalue weighted by molar-refractivity contribution is 0.0505. The Morgan fingerprint density at radius 2 is 2.08 bits per heavy atom. The fourth-order valence-corrected chi connectivity index (χ4v) is 5.62. The first-order chi connectivity index (χ1) is 18.1. The summed E-state index contributed by atoms with van der Waals surface area (Å²) in [7, 11) is 5.53. The summed E-state index contributed by atoms with van der Waals surface area (Å²) in [4.78, 5) is 21.9. The summed E-state index contributed by atoms with van der Waals surface area (Å²) in [6, 6.07) is 10.4. The maximum Gasteiger partial charge on any atom is 0.411 e. The maximum atomic E-state index is 12.2. The van der Waals surface area contributed by atoms with Crippen LogP contribution in [0.3, 0.4) is 0 Å². The third kappa shape index (κ3) is 7.05. The first-order valence-corrected chi connectivity index (χ1v) is 14.0. The molecule has 1 aliphatic heterocycles. The molecule has 3 rings (SSSR count). The minimum Gasteiger partial charge on any atom is -0.496 e. The van der Waals surface area contributed by atoms with Crippen molar-refractivity contribution in [1.29, 1.82) is 0 Å². The van der Waals surface area contributed by atoms with Gasteiger partial charge < -0.3 is 19.3 Å². The second-order valence-electron chi connectivity index (χ2n) is 9.87. The standard InChI is InChI=1S/C30H42N4O3S/c1-9-11-26(36-8)28-21(3)18-27(38-28)33(7)20-32-25-14-12-24(13-15-25)22(4)23(10-2)16-17-34-19-30(5,31-6)37-29(34)35/h11-15,18,20,23,31H,4,9-10,16-17,19H2,1-3,5-8H3/b26-11+,32-20?. The molecule has 0 aliphatic carbocycles.